The van der Waals surface area contributed by atoms with Crippen LogP contribution in [0.25, 0.3) is 0 Å². The van der Waals surface area contributed by atoms with Gasteiger partial charge < -0.3 is 9.64 Å². The molecular weight excluding hydrogens is 328 g/mol. The molecule has 3 rings (SSSR count). The van der Waals surface area contributed by atoms with Crippen molar-refractivity contribution in [1.82, 2.24) is 4.90 Å². The summed E-state index contributed by atoms with van der Waals surface area (Å²) >= 11 is 0. The Hall–Kier alpha value is -2.38. The molecule has 1 amide bonds. The molecule has 0 atom stereocenters. The highest BCUT2D eigenvalue weighted by Gasteiger charge is 2.23. The maximum absolute atomic E-state index is 12.2. The Labute approximate surface area is 140 Å². The highest BCUT2D eigenvalue weighted by molar-refractivity contribution is 7.89. The first-order valence-corrected chi connectivity index (χ1v) is 9.08. The lowest BCUT2D eigenvalue weighted by Crippen LogP contribution is -2.36. The van der Waals surface area contributed by atoms with Crippen molar-refractivity contribution in [2.24, 2.45) is 5.14 Å². The molecule has 0 saturated heterocycles. The fraction of sp³-hybridized carbons (Fsp3) is 0.235. The number of carbonyl (C=O) groups excluding carboxylic acids is 1. The van der Waals surface area contributed by atoms with Crippen molar-refractivity contribution in [3.05, 3.63) is 65.2 Å². The molecule has 0 bridgehead atoms. The molecule has 0 saturated carbocycles. The van der Waals surface area contributed by atoms with Crippen LogP contribution in [0.1, 0.15) is 16.7 Å². The second-order valence-corrected chi connectivity index (χ2v) is 7.25. The Bertz CT molecular complexity index is 850. The van der Waals surface area contributed by atoms with Gasteiger partial charge in [0.2, 0.25) is 10.0 Å². The van der Waals surface area contributed by atoms with E-state index in [4.69, 9.17) is 9.88 Å². The average Bonchev–Trinajstić information content (AvgIpc) is 2.59. The number of hydrogen-bond donors (Lipinski definition) is 1. The number of primary sulfonamides is 1. The molecule has 0 spiro atoms. The van der Waals surface area contributed by atoms with E-state index in [1.807, 2.05) is 30.3 Å². The van der Waals surface area contributed by atoms with Crippen molar-refractivity contribution in [3.8, 4) is 0 Å². The van der Waals surface area contributed by atoms with E-state index < -0.39 is 16.1 Å². The first-order valence-electron chi connectivity index (χ1n) is 7.54. The molecule has 0 unspecified atom stereocenters. The van der Waals surface area contributed by atoms with Gasteiger partial charge in [-0.15, -0.1) is 0 Å². The lowest BCUT2D eigenvalue weighted by atomic mass is 10.0. The summed E-state index contributed by atoms with van der Waals surface area (Å²) in [6.07, 6.45) is 0.242. The van der Waals surface area contributed by atoms with Crippen LogP contribution in [0.2, 0.25) is 0 Å². The smallest absolute Gasteiger partial charge is 0.410 e. The Morgan fingerprint density at radius 3 is 2.58 bits per heavy atom. The monoisotopic (exact) mass is 346 g/mol. The number of benzene rings is 2. The van der Waals surface area contributed by atoms with Crippen LogP contribution in [0.15, 0.2) is 53.4 Å². The topological polar surface area (TPSA) is 89.7 Å². The molecule has 0 aliphatic carbocycles. The summed E-state index contributed by atoms with van der Waals surface area (Å²) < 4.78 is 28.3. The van der Waals surface area contributed by atoms with Crippen LogP contribution in [-0.2, 0) is 34.3 Å². The number of fused-ring (bicyclic) bond motifs is 1. The van der Waals surface area contributed by atoms with Gasteiger partial charge in [0.1, 0.15) is 6.61 Å². The summed E-state index contributed by atoms with van der Waals surface area (Å²) in [5.74, 6) is 0. The summed E-state index contributed by atoms with van der Waals surface area (Å²) in [5, 5.41) is 5.16. The lowest BCUT2D eigenvalue weighted by Gasteiger charge is -2.28. The molecule has 0 fully saturated rings. The van der Waals surface area contributed by atoms with E-state index in [-0.39, 0.29) is 11.5 Å². The Morgan fingerprint density at radius 2 is 1.88 bits per heavy atom. The molecule has 1 aliphatic heterocycles. The van der Waals surface area contributed by atoms with Crippen LogP contribution < -0.4 is 5.14 Å². The number of amides is 1. The summed E-state index contributed by atoms with van der Waals surface area (Å²) in [4.78, 5) is 13.8. The minimum absolute atomic E-state index is 0.0563. The van der Waals surface area contributed by atoms with Gasteiger partial charge in [0, 0.05) is 13.1 Å². The third-order valence-corrected chi connectivity index (χ3v) is 4.89. The first-order chi connectivity index (χ1) is 11.4. The fourth-order valence-electron chi connectivity index (χ4n) is 2.68. The molecule has 126 valence electrons. The van der Waals surface area contributed by atoms with Gasteiger partial charge in [0.15, 0.2) is 0 Å². The van der Waals surface area contributed by atoms with Crippen LogP contribution in [0, 0.1) is 0 Å². The van der Waals surface area contributed by atoms with Crippen molar-refractivity contribution in [2.45, 2.75) is 24.5 Å². The van der Waals surface area contributed by atoms with E-state index in [9.17, 15) is 13.2 Å². The first kappa shape index (κ1) is 16.5. The Balaban J connectivity index is 1.68. The van der Waals surface area contributed by atoms with E-state index >= 15 is 0 Å². The predicted molar refractivity (Wildman–Crippen MR) is 88.6 cm³/mol. The van der Waals surface area contributed by atoms with Crippen LogP contribution in [0.4, 0.5) is 4.79 Å². The van der Waals surface area contributed by atoms with E-state index in [0.29, 0.717) is 19.5 Å². The molecule has 2 N–H and O–H groups in total. The zero-order valence-corrected chi connectivity index (χ0v) is 13.8. The van der Waals surface area contributed by atoms with Gasteiger partial charge in [0.05, 0.1) is 4.90 Å². The second-order valence-electron chi connectivity index (χ2n) is 5.69. The summed E-state index contributed by atoms with van der Waals surface area (Å²) in [6.45, 7) is 1.06. The number of hydrogen-bond acceptors (Lipinski definition) is 4. The van der Waals surface area contributed by atoms with Gasteiger partial charge >= 0.3 is 6.09 Å². The molecule has 24 heavy (non-hydrogen) atoms. The van der Waals surface area contributed by atoms with E-state index in [0.717, 1.165) is 16.7 Å². The summed E-state index contributed by atoms with van der Waals surface area (Å²) in [6, 6.07) is 14.2. The maximum atomic E-state index is 12.2. The summed E-state index contributed by atoms with van der Waals surface area (Å²) in [5.41, 5.74) is 2.72. The second kappa shape index (κ2) is 6.62. The lowest BCUT2D eigenvalue weighted by molar-refractivity contribution is 0.0918. The van der Waals surface area contributed by atoms with E-state index in [2.05, 4.69) is 0 Å². The molecule has 2 aromatic carbocycles. The molecule has 7 heteroatoms. The highest BCUT2D eigenvalue weighted by Crippen LogP contribution is 2.22. The number of nitrogens with two attached hydrogens (primary N) is 1. The molecule has 2 aromatic rings. The fourth-order valence-corrected chi connectivity index (χ4v) is 3.24. The van der Waals surface area contributed by atoms with Gasteiger partial charge in [-0.2, -0.15) is 0 Å². The SMILES string of the molecule is NS(=O)(=O)c1ccc2c(c1)CN(C(=O)OCc1ccccc1)CC2. The molecule has 0 aromatic heterocycles. The highest BCUT2D eigenvalue weighted by atomic mass is 32.2. The third kappa shape index (κ3) is 3.74. The zero-order chi connectivity index (χ0) is 17.2. The molecule has 0 radical (unpaired) electrons. The Kier molecular flexibility index (Phi) is 4.55. The van der Waals surface area contributed by atoms with Crippen molar-refractivity contribution < 1.29 is 17.9 Å². The van der Waals surface area contributed by atoms with Crippen LogP contribution in [0.3, 0.4) is 0 Å². The maximum Gasteiger partial charge on any atom is 0.410 e. The average molecular weight is 346 g/mol. The molecule has 1 heterocycles. The minimum atomic E-state index is -3.75. The zero-order valence-electron chi connectivity index (χ0n) is 13.0. The van der Waals surface area contributed by atoms with Crippen LogP contribution in [0.5, 0.6) is 0 Å². The number of sulfonamides is 1. The molecular formula is C17H18N2O4S. The van der Waals surface area contributed by atoms with Gasteiger partial charge in [-0.1, -0.05) is 36.4 Å². The van der Waals surface area contributed by atoms with Crippen molar-refractivity contribution >= 4 is 16.1 Å². The van der Waals surface area contributed by atoms with Gasteiger partial charge in [0.25, 0.3) is 0 Å². The quantitative estimate of drug-likeness (QED) is 0.921. The van der Waals surface area contributed by atoms with E-state index in [1.54, 1.807) is 11.0 Å². The number of nitrogens with zero attached hydrogens (tertiary/aromatic N) is 1. The Morgan fingerprint density at radius 1 is 1.12 bits per heavy atom. The molecule has 1 aliphatic rings. The standard InChI is InChI=1S/C17H18N2O4S/c18-24(21,22)16-7-6-14-8-9-19(11-15(14)10-16)17(20)23-12-13-4-2-1-3-5-13/h1-7,10H,8-9,11-12H2,(H2,18,21,22). The van der Waals surface area contributed by atoms with Crippen molar-refractivity contribution in [2.75, 3.05) is 6.54 Å². The minimum Gasteiger partial charge on any atom is -0.445 e. The largest absolute Gasteiger partial charge is 0.445 e. The van der Waals surface area contributed by atoms with Crippen LogP contribution in [-0.4, -0.2) is 26.0 Å². The summed E-state index contributed by atoms with van der Waals surface area (Å²) in [7, 11) is -3.75. The van der Waals surface area contributed by atoms with Crippen molar-refractivity contribution in [3.63, 3.8) is 0 Å². The normalized spacial score (nSPS) is 14.1. The van der Waals surface area contributed by atoms with Crippen molar-refractivity contribution in [1.29, 1.82) is 0 Å². The van der Waals surface area contributed by atoms with Gasteiger partial charge in [-0.05, 0) is 35.2 Å². The van der Waals surface area contributed by atoms with Crippen LogP contribution >= 0.6 is 0 Å². The number of rotatable bonds is 3. The molecule has 6 nitrogen and oxygen atoms in total. The number of ether oxygens (including phenoxy) is 1. The number of carbonyl (C=O) groups is 1. The van der Waals surface area contributed by atoms with Gasteiger partial charge in [-0.25, -0.2) is 18.4 Å². The predicted octanol–water partition coefficient (Wildman–Crippen LogP) is 2.03. The van der Waals surface area contributed by atoms with E-state index in [1.165, 1.54) is 12.1 Å². The van der Waals surface area contributed by atoms with Gasteiger partial charge in [-0.3, -0.25) is 0 Å². The third-order valence-electron chi connectivity index (χ3n) is 3.98.